The van der Waals surface area contributed by atoms with Crippen molar-refractivity contribution < 1.29 is 9.72 Å². The normalized spacial score (nSPS) is 10.2. The lowest BCUT2D eigenvalue weighted by Gasteiger charge is -2.09. The quantitative estimate of drug-likeness (QED) is 0.692. The summed E-state index contributed by atoms with van der Waals surface area (Å²) in [4.78, 5) is 22.8. The average molecular weight is 284 g/mol. The van der Waals surface area contributed by atoms with E-state index >= 15 is 0 Å². The number of nitro benzene ring substituents is 1. The van der Waals surface area contributed by atoms with Gasteiger partial charge in [-0.2, -0.15) is 0 Å². The summed E-state index contributed by atoms with van der Waals surface area (Å²) in [6.07, 6.45) is 0. The molecule has 2 aromatic carbocycles. The number of benzene rings is 2. The van der Waals surface area contributed by atoms with Gasteiger partial charge in [0, 0.05) is 12.1 Å². The molecule has 2 rings (SSSR count). The van der Waals surface area contributed by atoms with E-state index in [1.165, 1.54) is 6.07 Å². The van der Waals surface area contributed by atoms with E-state index in [1.807, 2.05) is 31.2 Å². The van der Waals surface area contributed by atoms with Crippen LogP contribution in [0.4, 0.5) is 5.69 Å². The van der Waals surface area contributed by atoms with Crippen LogP contribution in [0.1, 0.15) is 27.0 Å². The van der Waals surface area contributed by atoms with Crippen LogP contribution in [0.25, 0.3) is 0 Å². The summed E-state index contributed by atoms with van der Waals surface area (Å²) in [5.41, 5.74) is 2.48. The van der Waals surface area contributed by atoms with E-state index in [9.17, 15) is 14.9 Å². The highest BCUT2D eigenvalue weighted by Gasteiger charge is 2.22. The van der Waals surface area contributed by atoms with Crippen molar-refractivity contribution in [1.82, 2.24) is 5.32 Å². The van der Waals surface area contributed by atoms with Gasteiger partial charge >= 0.3 is 0 Å². The molecule has 0 aliphatic rings. The first-order valence-electron chi connectivity index (χ1n) is 6.57. The van der Waals surface area contributed by atoms with Crippen molar-refractivity contribution in [2.75, 3.05) is 0 Å². The Balaban J connectivity index is 2.20. The summed E-state index contributed by atoms with van der Waals surface area (Å²) >= 11 is 0. The lowest BCUT2D eigenvalue weighted by atomic mass is 10.1. The molecule has 5 nitrogen and oxygen atoms in total. The molecule has 0 saturated heterocycles. The third kappa shape index (κ3) is 3.25. The Morgan fingerprint density at radius 2 is 1.76 bits per heavy atom. The molecule has 0 spiro atoms. The van der Waals surface area contributed by atoms with Crippen LogP contribution in [0.2, 0.25) is 0 Å². The summed E-state index contributed by atoms with van der Waals surface area (Å²) in [7, 11) is 0. The van der Waals surface area contributed by atoms with Gasteiger partial charge in [-0.25, -0.2) is 0 Å². The minimum Gasteiger partial charge on any atom is -0.348 e. The smallest absolute Gasteiger partial charge is 0.285 e. The second-order valence-electron chi connectivity index (χ2n) is 4.84. The molecule has 0 saturated carbocycles. The van der Waals surface area contributed by atoms with Crippen LogP contribution in [-0.2, 0) is 6.54 Å². The second kappa shape index (κ2) is 6.17. The molecule has 108 valence electrons. The van der Waals surface area contributed by atoms with Gasteiger partial charge in [0.1, 0.15) is 5.56 Å². The van der Waals surface area contributed by atoms with Crippen molar-refractivity contribution in [3.05, 3.63) is 74.8 Å². The zero-order chi connectivity index (χ0) is 15.4. The van der Waals surface area contributed by atoms with Crippen LogP contribution in [0, 0.1) is 24.0 Å². The number of nitro groups is 1. The van der Waals surface area contributed by atoms with Crippen molar-refractivity contribution in [1.29, 1.82) is 0 Å². The molecular weight excluding hydrogens is 268 g/mol. The molecule has 0 bridgehead atoms. The number of hydrogen-bond donors (Lipinski definition) is 1. The van der Waals surface area contributed by atoms with Gasteiger partial charge in [0.15, 0.2) is 0 Å². The number of aryl methyl sites for hydroxylation is 2. The van der Waals surface area contributed by atoms with Crippen molar-refractivity contribution in [3.63, 3.8) is 0 Å². The fraction of sp³-hybridized carbons (Fsp3) is 0.188. The van der Waals surface area contributed by atoms with E-state index in [4.69, 9.17) is 0 Å². The van der Waals surface area contributed by atoms with Gasteiger partial charge in [0.05, 0.1) is 4.92 Å². The van der Waals surface area contributed by atoms with Crippen LogP contribution in [0.15, 0.2) is 42.5 Å². The molecule has 0 aliphatic carbocycles. The number of nitrogens with one attached hydrogen (secondary N) is 1. The molecule has 0 atom stereocenters. The monoisotopic (exact) mass is 284 g/mol. The number of carbonyl (C=O) groups excluding carboxylic acids is 1. The van der Waals surface area contributed by atoms with Gasteiger partial charge in [-0.3, -0.25) is 14.9 Å². The number of rotatable bonds is 4. The highest BCUT2D eigenvalue weighted by Crippen LogP contribution is 2.23. The molecule has 0 fully saturated rings. The van der Waals surface area contributed by atoms with E-state index in [-0.39, 0.29) is 11.3 Å². The Morgan fingerprint density at radius 3 is 2.43 bits per heavy atom. The number of nitrogens with zero attached hydrogens (tertiary/aromatic N) is 1. The predicted molar refractivity (Wildman–Crippen MR) is 80.2 cm³/mol. The minimum absolute atomic E-state index is 0.0913. The van der Waals surface area contributed by atoms with Crippen molar-refractivity contribution in [3.8, 4) is 0 Å². The van der Waals surface area contributed by atoms with Gasteiger partial charge in [-0.1, -0.05) is 36.4 Å². The Hall–Kier alpha value is -2.69. The van der Waals surface area contributed by atoms with E-state index < -0.39 is 10.8 Å². The van der Waals surface area contributed by atoms with Crippen LogP contribution in [-0.4, -0.2) is 10.8 Å². The average Bonchev–Trinajstić information content (AvgIpc) is 2.45. The fourth-order valence-corrected chi connectivity index (χ4v) is 2.16. The Bertz CT molecular complexity index is 696. The van der Waals surface area contributed by atoms with Gasteiger partial charge in [-0.15, -0.1) is 0 Å². The van der Waals surface area contributed by atoms with Crippen LogP contribution >= 0.6 is 0 Å². The summed E-state index contributed by atoms with van der Waals surface area (Å²) in [5.74, 6) is -0.436. The van der Waals surface area contributed by atoms with E-state index in [0.29, 0.717) is 12.1 Å². The summed E-state index contributed by atoms with van der Waals surface area (Å²) < 4.78 is 0. The van der Waals surface area contributed by atoms with Crippen molar-refractivity contribution in [2.45, 2.75) is 20.4 Å². The maximum atomic E-state index is 12.2. The largest absolute Gasteiger partial charge is 0.348 e. The second-order valence-corrected chi connectivity index (χ2v) is 4.84. The van der Waals surface area contributed by atoms with Gasteiger partial charge in [0.25, 0.3) is 11.6 Å². The third-order valence-electron chi connectivity index (χ3n) is 3.37. The molecule has 0 aliphatic heterocycles. The number of para-hydroxylation sites is 1. The lowest BCUT2D eigenvalue weighted by molar-refractivity contribution is -0.385. The number of hydrogen-bond acceptors (Lipinski definition) is 3. The fourth-order valence-electron chi connectivity index (χ4n) is 2.16. The molecule has 21 heavy (non-hydrogen) atoms. The van der Waals surface area contributed by atoms with E-state index in [1.54, 1.807) is 19.1 Å². The van der Waals surface area contributed by atoms with Gasteiger partial charge in [0.2, 0.25) is 0 Å². The third-order valence-corrected chi connectivity index (χ3v) is 3.37. The summed E-state index contributed by atoms with van der Waals surface area (Å²) in [5, 5.41) is 13.8. The molecule has 0 radical (unpaired) electrons. The number of carbonyl (C=O) groups is 1. The first-order chi connectivity index (χ1) is 10.0. The zero-order valence-electron chi connectivity index (χ0n) is 11.9. The molecule has 1 N–H and O–H groups in total. The highest BCUT2D eigenvalue weighted by atomic mass is 16.6. The van der Waals surface area contributed by atoms with Crippen molar-refractivity contribution >= 4 is 11.6 Å². The first kappa shape index (κ1) is 14.7. The summed E-state index contributed by atoms with van der Waals surface area (Å²) in [6.45, 7) is 3.92. The molecule has 0 unspecified atom stereocenters. The van der Waals surface area contributed by atoms with Crippen LogP contribution in [0.3, 0.4) is 0 Å². The standard InChI is InChI=1S/C16H16N2O3/c1-11-6-3-4-8-13(11)10-17-16(19)14-9-5-7-12(2)15(14)18(20)21/h3-9H,10H2,1-2H3,(H,17,19). The maximum absolute atomic E-state index is 12.2. The van der Waals surface area contributed by atoms with Crippen LogP contribution in [0.5, 0.6) is 0 Å². The maximum Gasteiger partial charge on any atom is 0.285 e. The SMILES string of the molecule is Cc1ccccc1CNC(=O)c1cccc(C)c1[N+](=O)[O-]. The Kier molecular flexibility index (Phi) is 4.33. The Morgan fingerprint density at radius 1 is 1.10 bits per heavy atom. The molecular formula is C16H16N2O3. The van der Waals surface area contributed by atoms with E-state index in [0.717, 1.165) is 11.1 Å². The zero-order valence-corrected chi connectivity index (χ0v) is 11.9. The lowest BCUT2D eigenvalue weighted by Crippen LogP contribution is -2.24. The molecule has 0 heterocycles. The first-order valence-corrected chi connectivity index (χ1v) is 6.57. The predicted octanol–water partition coefficient (Wildman–Crippen LogP) is 3.14. The number of amides is 1. The molecule has 5 heteroatoms. The van der Waals surface area contributed by atoms with Gasteiger partial charge < -0.3 is 5.32 Å². The summed E-state index contributed by atoms with van der Waals surface area (Å²) in [6, 6.07) is 12.4. The Labute approximate surface area is 122 Å². The van der Waals surface area contributed by atoms with Gasteiger partial charge in [-0.05, 0) is 31.0 Å². The minimum atomic E-state index is -0.516. The van der Waals surface area contributed by atoms with Crippen LogP contribution < -0.4 is 5.32 Å². The van der Waals surface area contributed by atoms with E-state index in [2.05, 4.69) is 5.32 Å². The molecule has 1 amide bonds. The topological polar surface area (TPSA) is 72.2 Å². The van der Waals surface area contributed by atoms with Crippen molar-refractivity contribution in [2.24, 2.45) is 0 Å². The molecule has 2 aromatic rings. The highest BCUT2D eigenvalue weighted by molar-refractivity contribution is 5.98. The molecule has 0 aromatic heterocycles.